The predicted molar refractivity (Wildman–Crippen MR) is 99.0 cm³/mol. The van der Waals surface area contributed by atoms with Gasteiger partial charge in [-0.2, -0.15) is 0 Å². The second-order valence-corrected chi connectivity index (χ2v) is 8.14. The number of carbonyl (C=O) groups is 2. The maximum absolute atomic E-state index is 13.5. The summed E-state index contributed by atoms with van der Waals surface area (Å²) in [4.78, 5) is 22.3. The Morgan fingerprint density at radius 1 is 1.24 bits per heavy atom. The first-order valence-electron chi connectivity index (χ1n) is 8.00. The summed E-state index contributed by atoms with van der Waals surface area (Å²) in [6.45, 7) is 9.29. The highest BCUT2D eigenvalue weighted by molar-refractivity contribution is 8.13. The molecule has 1 aromatic rings. The lowest BCUT2D eigenvalue weighted by Crippen LogP contribution is -2.41. The molecule has 1 aromatic carbocycles. The van der Waals surface area contributed by atoms with E-state index in [2.05, 4.69) is 0 Å². The van der Waals surface area contributed by atoms with Gasteiger partial charge in [0.2, 0.25) is 0 Å². The second-order valence-electron chi connectivity index (χ2n) is 6.99. The molecule has 0 atom stereocenters. The lowest BCUT2D eigenvalue weighted by molar-refractivity contribution is -0.109. The van der Waals surface area contributed by atoms with Crippen LogP contribution in [0.4, 0.5) is 4.39 Å². The van der Waals surface area contributed by atoms with Crippen molar-refractivity contribution in [3.8, 4) is 0 Å². The molecule has 25 heavy (non-hydrogen) atoms. The lowest BCUT2D eigenvalue weighted by Gasteiger charge is -2.32. The van der Waals surface area contributed by atoms with Crippen LogP contribution >= 0.6 is 11.8 Å². The third kappa shape index (κ3) is 4.60. The minimum Gasteiger partial charge on any atom is -0.400 e. The van der Waals surface area contributed by atoms with Crippen molar-refractivity contribution in [1.82, 2.24) is 0 Å². The molecule has 0 radical (unpaired) electrons. The van der Waals surface area contributed by atoms with Gasteiger partial charge in [-0.05, 0) is 50.9 Å². The SMILES string of the molecule is CC(=O)SCC(=Cc1ccc(F)c(C=O)c1)B1OC(C)(C)C(C)(C)O1. The first kappa shape index (κ1) is 19.9. The fourth-order valence-corrected chi connectivity index (χ4v) is 2.90. The molecular formula is C18H22BFO4S. The predicted octanol–water partition coefficient (Wildman–Crippen LogP) is 3.93. The summed E-state index contributed by atoms with van der Waals surface area (Å²) in [5, 5.41) is -0.0184. The summed E-state index contributed by atoms with van der Waals surface area (Å²) >= 11 is 1.15. The molecule has 1 heterocycles. The van der Waals surface area contributed by atoms with Crippen LogP contribution in [0.5, 0.6) is 0 Å². The van der Waals surface area contributed by atoms with E-state index in [1.54, 1.807) is 12.1 Å². The van der Waals surface area contributed by atoms with Crippen molar-refractivity contribution in [3.63, 3.8) is 0 Å². The van der Waals surface area contributed by atoms with Gasteiger partial charge in [-0.3, -0.25) is 9.59 Å². The van der Waals surface area contributed by atoms with Crippen LogP contribution in [-0.4, -0.2) is 35.5 Å². The maximum Gasteiger partial charge on any atom is 0.491 e. The molecule has 1 aliphatic heterocycles. The van der Waals surface area contributed by atoms with Gasteiger partial charge in [0.25, 0.3) is 0 Å². The maximum atomic E-state index is 13.5. The van der Waals surface area contributed by atoms with E-state index in [1.807, 2.05) is 27.7 Å². The Bertz CT molecular complexity index is 699. The van der Waals surface area contributed by atoms with Gasteiger partial charge in [0.1, 0.15) is 5.82 Å². The van der Waals surface area contributed by atoms with Gasteiger partial charge >= 0.3 is 7.12 Å². The van der Waals surface area contributed by atoms with Gasteiger partial charge in [0.05, 0.1) is 16.8 Å². The summed E-state index contributed by atoms with van der Waals surface area (Å²) in [7, 11) is -0.610. The number of benzene rings is 1. The Morgan fingerprint density at radius 2 is 1.84 bits per heavy atom. The largest absolute Gasteiger partial charge is 0.491 e. The monoisotopic (exact) mass is 364 g/mol. The van der Waals surface area contributed by atoms with Crippen molar-refractivity contribution in [1.29, 1.82) is 0 Å². The van der Waals surface area contributed by atoms with E-state index in [9.17, 15) is 14.0 Å². The molecule has 0 N–H and O–H groups in total. The van der Waals surface area contributed by atoms with E-state index in [4.69, 9.17) is 9.31 Å². The molecule has 0 amide bonds. The molecule has 134 valence electrons. The van der Waals surface area contributed by atoms with Crippen molar-refractivity contribution in [3.05, 3.63) is 40.6 Å². The Labute approximate surface area is 152 Å². The highest BCUT2D eigenvalue weighted by atomic mass is 32.2. The third-order valence-corrected chi connectivity index (χ3v) is 5.38. The first-order valence-corrected chi connectivity index (χ1v) is 8.98. The van der Waals surface area contributed by atoms with E-state index in [0.717, 1.165) is 17.2 Å². The van der Waals surface area contributed by atoms with E-state index in [1.165, 1.54) is 19.1 Å². The molecule has 1 saturated heterocycles. The molecule has 0 unspecified atom stereocenters. The van der Waals surface area contributed by atoms with Crippen LogP contribution in [-0.2, 0) is 14.1 Å². The zero-order valence-electron chi connectivity index (χ0n) is 15.1. The van der Waals surface area contributed by atoms with E-state index in [-0.39, 0.29) is 10.7 Å². The number of thioether (sulfide) groups is 1. The average molecular weight is 364 g/mol. The van der Waals surface area contributed by atoms with Crippen LogP contribution in [0.2, 0.25) is 0 Å². The molecule has 0 aliphatic carbocycles. The van der Waals surface area contributed by atoms with Crippen molar-refractivity contribution < 1.29 is 23.3 Å². The number of aldehydes is 1. The summed E-state index contributed by atoms with van der Waals surface area (Å²) in [5.41, 5.74) is 0.379. The zero-order chi connectivity index (χ0) is 18.8. The summed E-state index contributed by atoms with van der Waals surface area (Å²) in [6.07, 6.45) is 2.26. The topological polar surface area (TPSA) is 52.6 Å². The summed E-state index contributed by atoms with van der Waals surface area (Å²) < 4.78 is 25.6. The van der Waals surface area contributed by atoms with E-state index < -0.39 is 24.1 Å². The standard InChI is InChI=1S/C18H22BFO4S/c1-12(22)25-11-15(19-23-17(2,3)18(4,5)24-19)9-13-6-7-16(20)14(8-13)10-21/h6-10H,11H2,1-5H3. The van der Waals surface area contributed by atoms with Crippen LogP contribution in [0.15, 0.2) is 23.7 Å². The van der Waals surface area contributed by atoms with E-state index in [0.29, 0.717) is 17.6 Å². The molecule has 0 aromatic heterocycles. The molecule has 1 fully saturated rings. The molecule has 0 spiro atoms. The Balaban J connectivity index is 2.36. The average Bonchev–Trinajstić information content (AvgIpc) is 2.73. The number of halogens is 1. The van der Waals surface area contributed by atoms with Crippen molar-refractivity contribution in [2.75, 3.05) is 5.75 Å². The second kappa shape index (κ2) is 7.44. The molecule has 7 heteroatoms. The fraction of sp³-hybridized carbons (Fsp3) is 0.444. The van der Waals surface area contributed by atoms with Gasteiger partial charge < -0.3 is 9.31 Å². The zero-order valence-corrected chi connectivity index (χ0v) is 15.9. The molecule has 1 aliphatic rings. The van der Waals surface area contributed by atoms with Crippen LogP contribution in [0.1, 0.15) is 50.5 Å². The Morgan fingerprint density at radius 3 is 2.36 bits per heavy atom. The molecular weight excluding hydrogens is 342 g/mol. The smallest absolute Gasteiger partial charge is 0.400 e. The van der Waals surface area contributed by atoms with Crippen LogP contribution < -0.4 is 0 Å². The van der Waals surface area contributed by atoms with Crippen molar-refractivity contribution in [2.24, 2.45) is 0 Å². The number of carbonyl (C=O) groups excluding carboxylic acids is 2. The summed E-state index contributed by atoms with van der Waals surface area (Å²) in [5.74, 6) is -0.178. The molecule has 2 rings (SSSR count). The highest BCUT2D eigenvalue weighted by Crippen LogP contribution is 2.39. The molecule has 0 saturated carbocycles. The number of hydrogen-bond acceptors (Lipinski definition) is 5. The highest BCUT2D eigenvalue weighted by Gasteiger charge is 2.52. The van der Waals surface area contributed by atoms with Gasteiger partial charge in [-0.25, -0.2) is 4.39 Å². The van der Waals surface area contributed by atoms with Crippen LogP contribution in [0.3, 0.4) is 0 Å². The van der Waals surface area contributed by atoms with Gasteiger partial charge in [-0.15, -0.1) is 0 Å². The van der Waals surface area contributed by atoms with Crippen LogP contribution in [0, 0.1) is 5.82 Å². The minimum absolute atomic E-state index is 0.0127. The van der Waals surface area contributed by atoms with Gasteiger partial charge in [0.15, 0.2) is 11.4 Å². The Hall–Kier alpha value is -1.44. The van der Waals surface area contributed by atoms with Crippen molar-refractivity contribution >= 4 is 36.4 Å². The first-order chi connectivity index (χ1) is 11.6. The minimum atomic E-state index is -0.610. The normalized spacial score (nSPS) is 19.1. The molecule has 4 nitrogen and oxygen atoms in total. The quantitative estimate of drug-likeness (QED) is 0.585. The van der Waals surface area contributed by atoms with Gasteiger partial charge in [-0.1, -0.05) is 23.9 Å². The number of hydrogen-bond donors (Lipinski definition) is 0. The van der Waals surface area contributed by atoms with Crippen molar-refractivity contribution in [2.45, 2.75) is 45.8 Å². The molecule has 0 bridgehead atoms. The number of rotatable bonds is 5. The third-order valence-electron chi connectivity index (χ3n) is 4.50. The van der Waals surface area contributed by atoms with Gasteiger partial charge in [0, 0.05) is 12.7 Å². The fourth-order valence-electron chi connectivity index (χ4n) is 2.31. The lowest BCUT2D eigenvalue weighted by atomic mass is 9.78. The Kier molecular flexibility index (Phi) is 5.91. The van der Waals surface area contributed by atoms with E-state index >= 15 is 0 Å². The van der Waals surface area contributed by atoms with Crippen LogP contribution in [0.25, 0.3) is 6.08 Å². The summed E-state index contributed by atoms with van der Waals surface area (Å²) in [6, 6.07) is 4.29.